The Hall–Kier alpha value is 0.0700. The van der Waals surface area contributed by atoms with Gasteiger partial charge in [-0.15, -0.1) is 0 Å². The Balaban J connectivity index is 3.18. The highest BCUT2D eigenvalue weighted by molar-refractivity contribution is 9.11. The molecule has 1 rings (SSSR count). The van der Waals surface area contributed by atoms with Crippen LogP contribution in [-0.2, 0) is 0 Å². The minimum absolute atomic E-state index is 0.0150. The van der Waals surface area contributed by atoms with E-state index in [1.54, 1.807) is 6.20 Å². The number of nitrogens with zero attached hydrogens (tertiary/aromatic N) is 1. The number of rotatable bonds is 2. The smallest absolute Gasteiger partial charge is 0.0716 e. The molecule has 0 saturated heterocycles. The molecule has 1 atom stereocenters. The van der Waals surface area contributed by atoms with Crippen LogP contribution < -0.4 is 5.73 Å². The van der Waals surface area contributed by atoms with Crippen LogP contribution in [0.25, 0.3) is 0 Å². The Morgan fingerprint density at radius 1 is 1.54 bits per heavy atom. The van der Waals surface area contributed by atoms with Crippen LogP contribution in [0.5, 0.6) is 0 Å². The molecule has 1 unspecified atom stereocenters. The van der Waals surface area contributed by atoms with Crippen LogP contribution in [0.15, 0.2) is 15.1 Å². The molecule has 13 heavy (non-hydrogen) atoms. The number of hydrogen-bond donors (Lipinski definition) is 1. The summed E-state index contributed by atoms with van der Waals surface area (Å²) >= 11 is 6.92. The molecule has 1 heterocycles. The van der Waals surface area contributed by atoms with E-state index in [0.717, 1.165) is 26.6 Å². The number of pyridine rings is 1. The molecule has 0 aliphatic rings. The fourth-order valence-corrected chi connectivity index (χ4v) is 2.21. The molecule has 1 aromatic rings. The van der Waals surface area contributed by atoms with Gasteiger partial charge < -0.3 is 5.73 Å². The van der Waals surface area contributed by atoms with Crippen LogP contribution in [0.4, 0.5) is 0 Å². The molecule has 0 aromatic carbocycles. The summed E-state index contributed by atoms with van der Waals surface area (Å²) in [5.74, 6) is 0. The first kappa shape index (κ1) is 11.1. The van der Waals surface area contributed by atoms with E-state index < -0.39 is 0 Å². The second-order valence-electron chi connectivity index (χ2n) is 2.95. The lowest BCUT2D eigenvalue weighted by atomic mass is 10.1. The SMILES string of the molecule is CCC(N)c1ncc(Br)c(C)c1Br. The molecule has 2 N–H and O–H groups in total. The second kappa shape index (κ2) is 4.53. The van der Waals surface area contributed by atoms with Gasteiger partial charge in [0.15, 0.2) is 0 Å². The zero-order valence-electron chi connectivity index (χ0n) is 7.64. The van der Waals surface area contributed by atoms with Gasteiger partial charge in [0.2, 0.25) is 0 Å². The van der Waals surface area contributed by atoms with Crippen LogP contribution in [0.1, 0.15) is 30.6 Å². The Morgan fingerprint density at radius 2 is 2.15 bits per heavy atom. The van der Waals surface area contributed by atoms with Crippen LogP contribution in [0.2, 0.25) is 0 Å². The molecular formula is C9H12Br2N2. The van der Waals surface area contributed by atoms with Crippen molar-refractivity contribution in [3.05, 3.63) is 26.4 Å². The predicted molar refractivity (Wildman–Crippen MR) is 61.6 cm³/mol. The number of halogens is 2. The summed E-state index contributed by atoms with van der Waals surface area (Å²) in [4.78, 5) is 4.29. The molecule has 0 fully saturated rings. The largest absolute Gasteiger partial charge is 0.323 e. The molecule has 72 valence electrons. The normalized spacial score (nSPS) is 13.0. The van der Waals surface area contributed by atoms with Gasteiger partial charge >= 0.3 is 0 Å². The zero-order valence-corrected chi connectivity index (χ0v) is 10.8. The topological polar surface area (TPSA) is 38.9 Å². The Morgan fingerprint density at radius 3 is 2.69 bits per heavy atom. The van der Waals surface area contributed by atoms with Crippen molar-refractivity contribution in [1.29, 1.82) is 0 Å². The molecule has 4 heteroatoms. The van der Waals surface area contributed by atoms with Gasteiger partial charge in [-0.25, -0.2) is 0 Å². The standard InChI is InChI=1S/C9H12Br2N2/c1-3-7(12)9-8(11)5(2)6(10)4-13-9/h4,7H,3,12H2,1-2H3. The van der Waals surface area contributed by atoms with E-state index in [0.29, 0.717) is 0 Å². The number of hydrogen-bond acceptors (Lipinski definition) is 2. The summed E-state index contributed by atoms with van der Waals surface area (Å²) in [5, 5.41) is 0. The van der Waals surface area contributed by atoms with Crippen molar-refractivity contribution < 1.29 is 0 Å². The first-order valence-electron chi connectivity index (χ1n) is 4.14. The minimum Gasteiger partial charge on any atom is -0.323 e. The average molecular weight is 308 g/mol. The molecule has 0 saturated carbocycles. The summed E-state index contributed by atoms with van der Waals surface area (Å²) in [6, 6.07) is 0.0150. The highest BCUT2D eigenvalue weighted by Gasteiger charge is 2.12. The van der Waals surface area contributed by atoms with Crippen molar-refractivity contribution in [2.45, 2.75) is 26.3 Å². The summed E-state index contributed by atoms with van der Waals surface area (Å²) in [6.45, 7) is 4.08. The molecule has 0 aliphatic carbocycles. The lowest BCUT2D eigenvalue weighted by Gasteiger charge is -2.12. The van der Waals surface area contributed by atoms with Crippen LogP contribution in [-0.4, -0.2) is 4.98 Å². The molecule has 0 amide bonds. The summed E-state index contributed by atoms with van der Waals surface area (Å²) < 4.78 is 2.02. The van der Waals surface area contributed by atoms with Crippen LogP contribution in [0, 0.1) is 6.92 Å². The van der Waals surface area contributed by atoms with Gasteiger partial charge in [-0.05, 0) is 50.8 Å². The van der Waals surface area contributed by atoms with E-state index >= 15 is 0 Å². The van der Waals surface area contributed by atoms with Crippen molar-refractivity contribution in [2.24, 2.45) is 5.73 Å². The van der Waals surface area contributed by atoms with Gasteiger partial charge in [0, 0.05) is 21.2 Å². The van der Waals surface area contributed by atoms with Crippen molar-refractivity contribution >= 4 is 31.9 Å². The van der Waals surface area contributed by atoms with E-state index in [1.165, 1.54) is 0 Å². The van der Waals surface area contributed by atoms with Gasteiger partial charge in [0.1, 0.15) is 0 Å². The van der Waals surface area contributed by atoms with E-state index in [2.05, 4.69) is 43.8 Å². The Kier molecular flexibility index (Phi) is 3.88. The maximum atomic E-state index is 5.91. The van der Waals surface area contributed by atoms with Crippen molar-refractivity contribution in [3.63, 3.8) is 0 Å². The fourth-order valence-electron chi connectivity index (χ4n) is 1.03. The molecule has 0 bridgehead atoms. The number of aromatic nitrogens is 1. The van der Waals surface area contributed by atoms with Crippen molar-refractivity contribution in [2.75, 3.05) is 0 Å². The lowest BCUT2D eigenvalue weighted by Crippen LogP contribution is -2.12. The molecule has 0 aliphatic heterocycles. The third kappa shape index (κ3) is 2.30. The highest BCUT2D eigenvalue weighted by Crippen LogP contribution is 2.29. The first-order chi connectivity index (χ1) is 6.07. The van der Waals surface area contributed by atoms with E-state index in [1.807, 2.05) is 6.92 Å². The van der Waals surface area contributed by atoms with E-state index in [4.69, 9.17) is 5.73 Å². The van der Waals surface area contributed by atoms with Gasteiger partial charge in [-0.3, -0.25) is 4.98 Å². The quantitative estimate of drug-likeness (QED) is 0.910. The molecule has 1 aromatic heterocycles. The van der Waals surface area contributed by atoms with Gasteiger partial charge in [-0.2, -0.15) is 0 Å². The average Bonchev–Trinajstić information content (AvgIpc) is 2.13. The summed E-state index contributed by atoms with van der Waals surface area (Å²) in [7, 11) is 0. The Bertz CT molecular complexity index is 313. The van der Waals surface area contributed by atoms with Gasteiger partial charge in [0.25, 0.3) is 0 Å². The Labute approximate surface area is 95.2 Å². The summed E-state index contributed by atoms with van der Waals surface area (Å²) in [6.07, 6.45) is 2.69. The van der Waals surface area contributed by atoms with Crippen molar-refractivity contribution in [3.8, 4) is 0 Å². The zero-order chi connectivity index (χ0) is 10.0. The third-order valence-corrected chi connectivity index (χ3v) is 3.82. The van der Waals surface area contributed by atoms with Crippen LogP contribution in [0.3, 0.4) is 0 Å². The fraction of sp³-hybridized carbons (Fsp3) is 0.444. The maximum Gasteiger partial charge on any atom is 0.0716 e. The van der Waals surface area contributed by atoms with E-state index in [-0.39, 0.29) is 6.04 Å². The molecule has 0 radical (unpaired) electrons. The molecular weight excluding hydrogens is 296 g/mol. The van der Waals surface area contributed by atoms with Crippen molar-refractivity contribution in [1.82, 2.24) is 4.98 Å². The highest BCUT2D eigenvalue weighted by atomic mass is 79.9. The molecule has 0 spiro atoms. The predicted octanol–water partition coefficient (Wildman–Crippen LogP) is 3.32. The van der Waals surface area contributed by atoms with E-state index in [9.17, 15) is 0 Å². The van der Waals surface area contributed by atoms with Crippen LogP contribution >= 0.6 is 31.9 Å². The lowest BCUT2D eigenvalue weighted by molar-refractivity contribution is 0.670. The first-order valence-corrected chi connectivity index (χ1v) is 5.72. The van der Waals surface area contributed by atoms with Gasteiger partial charge in [0.05, 0.1) is 5.69 Å². The number of nitrogens with two attached hydrogens (primary N) is 1. The second-order valence-corrected chi connectivity index (χ2v) is 4.59. The maximum absolute atomic E-state index is 5.91. The third-order valence-electron chi connectivity index (χ3n) is 2.02. The summed E-state index contributed by atoms with van der Waals surface area (Å²) in [5.41, 5.74) is 7.99. The monoisotopic (exact) mass is 306 g/mol. The molecule has 2 nitrogen and oxygen atoms in total. The van der Waals surface area contributed by atoms with Gasteiger partial charge in [-0.1, -0.05) is 6.92 Å². The minimum atomic E-state index is 0.0150.